The second-order valence-corrected chi connectivity index (χ2v) is 3.19. The molecule has 1 rings (SSSR count). The van der Waals surface area contributed by atoms with Gasteiger partial charge >= 0.3 is 0 Å². The van der Waals surface area contributed by atoms with Crippen molar-refractivity contribution < 1.29 is 19.4 Å². The van der Waals surface area contributed by atoms with Crippen LogP contribution in [0.15, 0.2) is 23.4 Å². The summed E-state index contributed by atoms with van der Waals surface area (Å²) in [6.07, 6.45) is 0. The van der Waals surface area contributed by atoms with Gasteiger partial charge in [-0.15, -0.1) is 0 Å². The molecule has 0 heterocycles. The van der Waals surface area contributed by atoms with Crippen LogP contribution in [0.2, 0.25) is 0 Å². The third kappa shape index (κ3) is 3.53. The summed E-state index contributed by atoms with van der Waals surface area (Å²) in [6, 6.07) is 5.01. The zero-order chi connectivity index (χ0) is 12.7. The first kappa shape index (κ1) is 13.1. The lowest BCUT2D eigenvalue weighted by Crippen LogP contribution is -2.13. The predicted molar refractivity (Wildman–Crippen MR) is 62.9 cm³/mol. The van der Waals surface area contributed by atoms with Crippen molar-refractivity contribution in [2.75, 3.05) is 27.4 Å². The fourth-order valence-electron chi connectivity index (χ4n) is 1.24. The van der Waals surface area contributed by atoms with E-state index in [4.69, 9.17) is 25.2 Å². The Kier molecular flexibility index (Phi) is 5.09. The van der Waals surface area contributed by atoms with Gasteiger partial charge < -0.3 is 25.2 Å². The lowest BCUT2D eigenvalue weighted by atomic mass is 10.2. The average Bonchev–Trinajstić information content (AvgIpc) is 2.38. The van der Waals surface area contributed by atoms with Gasteiger partial charge in [0.15, 0.2) is 17.3 Å². The second-order valence-electron chi connectivity index (χ2n) is 3.19. The van der Waals surface area contributed by atoms with Gasteiger partial charge in [-0.2, -0.15) is 0 Å². The van der Waals surface area contributed by atoms with Crippen molar-refractivity contribution in [1.82, 2.24) is 0 Å². The van der Waals surface area contributed by atoms with E-state index in [1.807, 2.05) is 0 Å². The SMILES string of the molecule is COCCOc1ccc(/C(N)=N/O)cc1OC. The molecule has 0 unspecified atom stereocenters. The van der Waals surface area contributed by atoms with Gasteiger partial charge in [0.05, 0.1) is 13.7 Å². The summed E-state index contributed by atoms with van der Waals surface area (Å²) in [5.74, 6) is 1.12. The van der Waals surface area contributed by atoms with Gasteiger partial charge in [-0.1, -0.05) is 5.16 Å². The summed E-state index contributed by atoms with van der Waals surface area (Å²) in [6.45, 7) is 0.918. The molecule has 94 valence electrons. The van der Waals surface area contributed by atoms with E-state index in [0.717, 1.165) is 0 Å². The minimum atomic E-state index is 0.0201. The number of nitrogens with zero attached hydrogens (tertiary/aromatic N) is 1. The maximum atomic E-state index is 8.57. The van der Waals surface area contributed by atoms with Crippen LogP contribution in [0.3, 0.4) is 0 Å². The van der Waals surface area contributed by atoms with E-state index in [2.05, 4.69) is 5.16 Å². The zero-order valence-electron chi connectivity index (χ0n) is 9.84. The fraction of sp³-hybridized carbons (Fsp3) is 0.364. The second kappa shape index (κ2) is 6.59. The Hall–Kier alpha value is -1.95. The molecule has 0 spiro atoms. The van der Waals surface area contributed by atoms with Crippen molar-refractivity contribution in [3.05, 3.63) is 23.8 Å². The Balaban J connectivity index is 2.85. The van der Waals surface area contributed by atoms with Crippen LogP contribution in [0.5, 0.6) is 11.5 Å². The normalized spacial score (nSPS) is 11.3. The van der Waals surface area contributed by atoms with Gasteiger partial charge in [-0.05, 0) is 18.2 Å². The Labute approximate surface area is 99.6 Å². The molecule has 0 saturated heterocycles. The number of nitrogens with two attached hydrogens (primary N) is 1. The summed E-state index contributed by atoms with van der Waals surface area (Å²) in [4.78, 5) is 0. The monoisotopic (exact) mass is 240 g/mol. The highest BCUT2D eigenvalue weighted by molar-refractivity contribution is 5.97. The highest BCUT2D eigenvalue weighted by atomic mass is 16.5. The maximum absolute atomic E-state index is 8.57. The van der Waals surface area contributed by atoms with E-state index in [1.54, 1.807) is 25.3 Å². The minimum Gasteiger partial charge on any atom is -0.493 e. The van der Waals surface area contributed by atoms with Crippen LogP contribution in [-0.4, -0.2) is 38.5 Å². The Morgan fingerprint density at radius 1 is 1.29 bits per heavy atom. The molecule has 6 nitrogen and oxygen atoms in total. The van der Waals surface area contributed by atoms with E-state index in [-0.39, 0.29) is 5.84 Å². The van der Waals surface area contributed by atoms with Crippen molar-refractivity contribution in [2.24, 2.45) is 10.9 Å². The van der Waals surface area contributed by atoms with Crippen molar-refractivity contribution >= 4 is 5.84 Å². The highest BCUT2D eigenvalue weighted by Crippen LogP contribution is 2.27. The van der Waals surface area contributed by atoms with Gasteiger partial charge in [0.2, 0.25) is 0 Å². The molecule has 0 aliphatic carbocycles. The fourth-order valence-corrected chi connectivity index (χ4v) is 1.24. The first-order valence-electron chi connectivity index (χ1n) is 5.00. The van der Waals surface area contributed by atoms with Crippen molar-refractivity contribution in [2.45, 2.75) is 0 Å². The number of oxime groups is 1. The van der Waals surface area contributed by atoms with E-state index < -0.39 is 0 Å². The predicted octanol–water partition coefficient (Wildman–Crippen LogP) is 0.815. The molecular weight excluding hydrogens is 224 g/mol. The molecule has 3 N–H and O–H groups in total. The van der Waals surface area contributed by atoms with Crippen molar-refractivity contribution in [1.29, 1.82) is 0 Å². The van der Waals surface area contributed by atoms with Gasteiger partial charge in [-0.25, -0.2) is 0 Å². The first-order chi connectivity index (χ1) is 8.22. The molecule has 17 heavy (non-hydrogen) atoms. The van der Waals surface area contributed by atoms with E-state index in [9.17, 15) is 0 Å². The largest absolute Gasteiger partial charge is 0.493 e. The number of benzene rings is 1. The third-order valence-electron chi connectivity index (χ3n) is 2.11. The lowest BCUT2D eigenvalue weighted by Gasteiger charge is -2.11. The number of ether oxygens (including phenoxy) is 3. The topological polar surface area (TPSA) is 86.3 Å². The molecule has 1 aromatic rings. The maximum Gasteiger partial charge on any atom is 0.170 e. The average molecular weight is 240 g/mol. The molecule has 0 bridgehead atoms. The van der Waals surface area contributed by atoms with Crippen LogP contribution in [0.25, 0.3) is 0 Å². The third-order valence-corrected chi connectivity index (χ3v) is 2.11. The van der Waals surface area contributed by atoms with Crippen LogP contribution < -0.4 is 15.2 Å². The first-order valence-corrected chi connectivity index (χ1v) is 5.00. The van der Waals surface area contributed by atoms with Crippen LogP contribution in [0.4, 0.5) is 0 Å². The minimum absolute atomic E-state index is 0.0201. The molecule has 0 saturated carbocycles. The van der Waals surface area contributed by atoms with E-state index in [1.165, 1.54) is 7.11 Å². The van der Waals surface area contributed by atoms with Crippen molar-refractivity contribution in [3.8, 4) is 11.5 Å². The van der Waals surface area contributed by atoms with Crippen molar-refractivity contribution in [3.63, 3.8) is 0 Å². The molecule has 6 heteroatoms. The molecular formula is C11H16N2O4. The van der Waals surface area contributed by atoms with Crippen LogP contribution >= 0.6 is 0 Å². The van der Waals surface area contributed by atoms with Gasteiger partial charge in [0, 0.05) is 12.7 Å². The number of methoxy groups -OCH3 is 2. The summed E-state index contributed by atoms with van der Waals surface area (Å²) < 4.78 is 15.5. The molecule has 0 fully saturated rings. The smallest absolute Gasteiger partial charge is 0.170 e. The molecule has 0 radical (unpaired) electrons. The number of rotatable bonds is 6. The summed E-state index contributed by atoms with van der Waals surface area (Å²) in [7, 11) is 3.12. The quantitative estimate of drug-likeness (QED) is 0.253. The van der Waals surface area contributed by atoms with Gasteiger partial charge in [0.1, 0.15) is 6.61 Å². The Morgan fingerprint density at radius 2 is 2.06 bits per heavy atom. The number of hydrogen-bond acceptors (Lipinski definition) is 5. The zero-order valence-corrected chi connectivity index (χ0v) is 9.84. The van der Waals surface area contributed by atoms with E-state index >= 15 is 0 Å². The highest BCUT2D eigenvalue weighted by Gasteiger charge is 2.08. The molecule has 0 atom stereocenters. The summed E-state index contributed by atoms with van der Waals surface area (Å²) >= 11 is 0. The molecule has 0 aliphatic heterocycles. The molecule has 0 aromatic heterocycles. The van der Waals surface area contributed by atoms with Crippen LogP contribution in [0.1, 0.15) is 5.56 Å². The standard InChI is InChI=1S/C11H16N2O4/c1-15-5-6-17-9-4-3-8(11(12)13-14)7-10(9)16-2/h3-4,7,14H,5-6H2,1-2H3,(H2,12,13). The van der Waals surface area contributed by atoms with E-state index in [0.29, 0.717) is 30.3 Å². The van der Waals surface area contributed by atoms with Gasteiger partial charge in [0.25, 0.3) is 0 Å². The molecule has 0 aliphatic rings. The number of hydrogen-bond donors (Lipinski definition) is 2. The lowest BCUT2D eigenvalue weighted by molar-refractivity contribution is 0.144. The Bertz CT molecular complexity index is 393. The summed E-state index contributed by atoms with van der Waals surface area (Å²) in [5.41, 5.74) is 6.03. The van der Waals surface area contributed by atoms with Crippen LogP contribution in [0, 0.1) is 0 Å². The molecule has 0 amide bonds. The number of amidine groups is 1. The van der Waals surface area contributed by atoms with Gasteiger partial charge in [-0.3, -0.25) is 0 Å². The van der Waals surface area contributed by atoms with Crippen LogP contribution in [-0.2, 0) is 4.74 Å². The Morgan fingerprint density at radius 3 is 2.65 bits per heavy atom. The molecule has 1 aromatic carbocycles. The summed E-state index contributed by atoms with van der Waals surface area (Å²) in [5, 5.41) is 11.5.